The smallest absolute Gasteiger partial charge is 0.225 e. The third-order valence-electron chi connectivity index (χ3n) is 4.98. The number of likely N-dealkylation sites (tertiary alicyclic amines) is 1. The minimum atomic E-state index is -0.771. The fourth-order valence-corrected chi connectivity index (χ4v) is 3.64. The summed E-state index contributed by atoms with van der Waals surface area (Å²) >= 11 is 0. The molecule has 22 heavy (non-hydrogen) atoms. The summed E-state index contributed by atoms with van der Waals surface area (Å²) < 4.78 is 0. The molecule has 3 rings (SSSR count). The molecule has 5 heteroatoms. The molecule has 0 radical (unpaired) electrons. The van der Waals surface area contributed by atoms with Crippen molar-refractivity contribution in [2.75, 3.05) is 13.1 Å². The monoisotopic (exact) mass is 303 g/mol. The van der Waals surface area contributed by atoms with E-state index >= 15 is 0 Å². The van der Waals surface area contributed by atoms with Crippen molar-refractivity contribution in [1.82, 2.24) is 14.9 Å². The zero-order valence-corrected chi connectivity index (χ0v) is 13.3. The maximum atomic E-state index is 12.5. The zero-order chi connectivity index (χ0) is 15.6. The lowest BCUT2D eigenvalue weighted by atomic mass is 9.82. The molecule has 1 aromatic heterocycles. The highest BCUT2D eigenvalue weighted by Crippen LogP contribution is 2.33. The SMILES string of the molecule is Cc1ccnc(C2CCN(C(=O)CC3(O)CCCCC3)C2)n1. The molecule has 2 aliphatic rings. The number of aromatic nitrogens is 2. The average Bonchev–Trinajstić information content (AvgIpc) is 2.97. The number of carbonyl (C=O) groups excluding carboxylic acids is 1. The predicted molar refractivity (Wildman–Crippen MR) is 83.4 cm³/mol. The Kier molecular flexibility index (Phi) is 4.43. The Hall–Kier alpha value is -1.49. The van der Waals surface area contributed by atoms with Crippen LogP contribution < -0.4 is 0 Å². The molecule has 1 aromatic rings. The minimum Gasteiger partial charge on any atom is -0.389 e. The van der Waals surface area contributed by atoms with Gasteiger partial charge >= 0.3 is 0 Å². The topological polar surface area (TPSA) is 66.3 Å². The Balaban J connectivity index is 1.59. The van der Waals surface area contributed by atoms with Gasteiger partial charge in [-0.1, -0.05) is 19.3 Å². The molecule has 5 nitrogen and oxygen atoms in total. The van der Waals surface area contributed by atoms with E-state index in [1.54, 1.807) is 6.20 Å². The molecule has 1 saturated carbocycles. The number of hydrogen-bond acceptors (Lipinski definition) is 4. The van der Waals surface area contributed by atoms with Crippen LogP contribution in [0, 0.1) is 6.92 Å². The van der Waals surface area contributed by atoms with Crippen LogP contribution in [0.3, 0.4) is 0 Å². The predicted octanol–water partition coefficient (Wildman–Crippen LogP) is 2.19. The molecule has 0 aromatic carbocycles. The summed E-state index contributed by atoms with van der Waals surface area (Å²) in [5.74, 6) is 1.15. The molecule has 1 aliphatic carbocycles. The highest BCUT2D eigenvalue weighted by atomic mass is 16.3. The van der Waals surface area contributed by atoms with Crippen molar-refractivity contribution < 1.29 is 9.90 Å². The van der Waals surface area contributed by atoms with Crippen molar-refractivity contribution in [3.05, 3.63) is 23.8 Å². The van der Waals surface area contributed by atoms with E-state index in [0.29, 0.717) is 6.54 Å². The minimum absolute atomic E-state index is 0.0829. The number of amides is 1. The van der Waals surface area contributed by atoms with Gasteiger partial charge in [-0.3, -0.25) is 4.79 Å². The molecular formula is C17H25N3O2. The molecule has 1 amide bonds. The van der Waals surface area contributed by atoms with Gasteiger partial charge in [0.15, 0.2) is 0 Å². The Morgan fingerprint density at radius 2 is 2.18 bits per heavy atom. The van der Waals surface area contributed by atoms with Crippen LogP contribution in [0.5, 0.6) is 0 Å². The highest BCUT2D eigenvalue weighted by Gasteiger charge is 2.36. The van der Waals surface area contributed by atoms with E-state index in [1.807, 2.05) is 17.9 Å². The molecule has 1 N–H and O–H groups in total. The summed E-state index contributed by atoms with van der Waals surface area (Å²) in [6.45, 7) is 3.39. The van der Waals surface area contributed by atoms with Crippen LogP contribution in [-0.2, 0) is 4.79 Å². The van der Waals surface area contributed by atoms with Gasteiger partial charge in [0.05, 0.1) is 12.0 Å². The van der Waals surface area contributed by atoms with E-state index in [9.17, 15) is 9.90 Å². The van der Waals surface area contributed by atoms with Crippen molar-refractivity contribution >= 4 is 5.91 Å². The van der Waals surface area contributed by atoms with Gasteiger partial charge in [-0.25, -0.2) is 9.97 Å². The van der Waals surface area contributed by atoms with Crippen molar-refractivity contribution in [2.45, 2.75) is 63.4 Å². The van der Waals surface area contributed by atoms with E-state index < -0.39 is 5.60 Å². The summed E-state index contributed by atoms with van der Waals surface area (Å²) in [7, 11) is 0. The van der Waals surface area contributed by atoms with Crippen LogP contribution in [0.15, 0.2) is 12.3 Å². The van der Waals surface area contributed by atoms with Crippen LogP contribution in [0.25, 0.3) is 0 Å². The lowest BCUT2D eigenvalue weighted by Gasteiger charge is -2.32. The van der Waals surface area contributed by atoms with Gasteiger partial charge < -0.3 is 10.0 Å². The second-order valence-corrected chi connectivity index (χ2v) is 6.84. The van der Waals surface area contributed by atoms with Gasteiger partial charge in [0.25, 0.3) is 0 Å². The largest absolute Gasteiger partial charge is 0.389 e. The Morgan fingerprint density at radius 1 is 1.41 bits per heavy atom. The number of rotatable bonds is 3. The van der Waals surface area contributed by atoms with Crippen molar-refractivity contribution in [3.8, 4) is 0 Å². The first-order valence-electron chi connectivity index (χ1n) is 8.35. The number of hydrogen-bond donors (Lipinski definition) is 1. The lowest BCUT2D eigenvalue weighted by molar-refractivity contribution is -0.136. The molecule has 0 spiro atoms. The lowest BCUT2D eigenvalue weighted by Crippen LogP contribution is -2.39. The van der Waals surface area contributed by atoms with Crippen molar-refractivity contribution in [1.29, 1.82) is 0 Å². The summed E-state index contributed by atoms with van der Waals surface area (Å²) in [5, 5.41) is 10.5. The standard InChI is InChI=1S/C17H25N3O2/c1-13-5-9-18-16(19-13)14-6-10-20(12-14)15(21)11-17(22)7-3-2-4-8-17/h5,9,14,22H,2-4,6-8,10-12H2,1H3. The molecule has 1 aliphatic heterocycles. The Bertz CT molecular complexity index is 540. The van der Waals surface area contributed by atoms with E-state index in [-0.39, 0.29) is 18.2 Å². The quantitative estimate of drug-likeness (QED) is 0.929. The Morgan fingerprint density at radius 3 is 2.91 bits per heavy atom. The first-order chi connectivity index (χ1) is 10.6. The van der Waals surface area contributed by atoms with Crippen LogP contribution >= 0.6 is 0 Å². The summed E-state index contributed by atoms with van der Waals surface area (Å²) in [6.07, 6.45) is 7.73. The summed E-state index contributed by atoms with van der Waals surface area (Å²) in [6, 6.07) is 1.89. The third-order valence-corrected chi connectivity index (χ3v) is 4.98. The molecule has 2 fully saturated rings. The van der Waals surface area contributed by atoms with Gasteiger partial charge in [0, 0.05) is 30.9 Å². The van der Waals surface area contributed by atoms with Crippen LogP contribution in [0.4, 0.5) is 0 Å². The van der Waals surface area contributed by atoms with E-state index in [2.05, 4.69) is 9.97 Å². The fourth-order valence-electron chi connectivity index (χ4n) is 3.64. The third kappa shape index (κ3) is 3.46. The van der Waals surface area contributed by atoms with E-state index in [4.69, 9.17) is 0 Å². The molecular weight excluding hydrogens is 278 g/mol. The second kappa shape index (κ2) is 6.32. The number of nitrogens with zero attached hydrogens (tertiary/aromatic N) is 3. The van der Waals surface area contributed by atoms with Crippen molar-refractivity contribution in [3.63, 3.8) is 0 Å². The second-order valence-electron chi connectivity index (χ2n) is 6.84. The normalized spacial score (nSPS) is 24.5. The maximum Gasteiger partial charge on any atom is 0.225 e. The van der Waals surface area contributed by atoms with Crippen molar-refractivity contribution in [2.24, 2.45) is 0 Å². The van der Waals surface area contributed by atoms with E-state index in [1.165, 1.54) is 6.42 Å². The van der Waals surface area contributed by atoms with Crippen LogP contribution in [-0.4, -0.2) is 44.6 Å². The molecule has 2 heterocycles. The van der Waals surface area contributed by atoms with Gasteiger partial charge in [0.2, 0.25) is 5.91 Å². The molecule has 1 atom stereocenters. The van der Waals surface area contributed by atoms with Crippen LogP contribution in [0.1, 0.15) is 62.4 Å². The molecule has 1 saturated heterocycles. The van der Waals surface area contributed by atoms with Gasteiger partial charge in [-0.15, -0.1) is 0 Å². The molecule has 1 unspecified atom stereocenters. The number of carbonyl (C=O) groups is 1. The fraction of sp³-hybridized carbons (Fsp3) is 0.706. The maximum absolute atomic E-state index is 12.5. The first-order valence-corrected chi connectivity index (χ1v) is 8.35. The number of aliphatic hydroxyl groups is 1. The number of aryl methyl sites for hydroxylation is 1. The Labute approximate surface area is 131 Å². The summed E-state index contributed by atoms with van der Waals surface area (Å²) in [4.78, 5) is 23.2. The molecule has 120 valence electrons. The van der Waals surface area contributed by atoms with Gasteiger partial charge in [-0.05, 0) is 32.3 Å². The van der Waals surface area contributed by atoms with Gasteiger partial charge in [-0.2, -0.15) is 0 Å². The van der Waals surface area contributed by atoms with E-state index in [0.717, 1.165) is 50.2 Å². The average molecular weight is 303 g/mol. The van der Waals surface area contributed by atoms with Crippen LogP contribution in [0.2, 0.25) is 0 Å². The molecule has 0 bridgehead atoms. The highest BCUT2D eigenvalue weighted by molar-refractivity contribution is 5.77. The van der Waals surface area contributed by atoms with Gasteiger partial charge in [0.1, 0.15) is 5.82 Å². The first kappa shape index (κ1) is 15.4. The summed E-state index contributed by atoms with van der Waals surface area (Å²) in [5.41, 5.74) is 0.194. The zero-order valence-electron chi connectivity index (χ0n) is 13.3.